The Balaban J connectivity index is 0.000000892. The molecule has 4 aliphatic carbocycles. The topological polar surface area (TPSA) is 57.6 Å². The molecule has 37 heavy (non-hydrogen) atoms. The second-order valence-electron chi connectivity index (χ2n) is 12.5. The minimum atomic E-state index is -0.664. The van der Waals surface area contributed by atoms with E-state index in [0.717, 1.165) is 63.1 Å². The van der Waals surface area contributed by atoms with Crippen molar-refractivity contribution >= 4 is 22.3 Å². The first kappa shape index (κ1) is 26.7. The molecule has 7 atom stereocenters. The molecule has 0 spiro atoms. The van der Waals surface area contributed by atoms with Gasteiger partial charge >= 0.3 is 0 Å². The number of terminal acetylenes is 1. The van der Waals surface area contributed by atoms with Crippen LogP contribution < -0.4 is 4.90 Å². The van der Waals surface area contributed by atoms with Gasteiger partial charge in [0.2, 0.25) is 0 Å². The van der Waals surface area contributed by atoms with E-state index < -0.39 is 10.8 Å². The van der Waals surface area contributed by atoms with E-state index in [9.17, 15) is 14.1 Å². The monoisotopic (exact) mass is 521 g/mol. The highest BCUT2D eigenvalue weighted by atomic mass is 32.2. The normalized spacial score (nSPS) is 39.3. The van der Waals surface area contributed by atoms with Gasteiger partial charge in [0.15, 0.2) is 5.78 Å². The van der Waals surface area contributed by atoms with Crippen molar-refractivity contribution in [3.63, 3.8) is 0 Å². The average Bonchev–Trinajstić information content (AvgIpc) is 3.19. The average molecular weight is 522 g/mol. The smallest absolute Gasteiger partial charge is 0.155 e. The molecule has 1 aliphatic heterocycles. The van der Waals surface area contributed by atoms with Crippen LogP contribution in [0.15, 0.2) is 35.9 Å². The highest BCUT2D eigenvalue weighted by Gasteiger charge is 2.62. The van der Waals surface area contributed by atoms with E-state index in [1.807, 2.05) is 6.08 Å². The summed E-state index contributed by atoms with van der Waals surface area (Å²) in [6.07, 6.45) is 13.4. The van der Waals surface area contributed by atoms with Gasteiger partial charge in [0, 0.05) is 47.5 Å². The molecule has 1 N–H and O–H groups in total. The second-order valence-corrected chi connectivity index (χ2v) is 14.2. The van der Waals surface area contributed by atoms with E-state index in [2.05, 4.69) is 55.4 Å². The standard InChI is InChI=1S/C29H39NO3S.C3H4/c1-28-12-11-22(31)17-20(28)5-8-23-25-9-10-26(32)29(25,2)18-24(27(23)28)19-3-6-21(7-4-19)30-13-15-34(33)16-14-30;1-3-2/h3-4,6-7,17,23-27,32H,5,8-16,18H2,1-2H3;1H,2H3. The number of fused-ring (bicyclic) bond motifs is 5. The minimum Gasteiger partial charge on any atom is -0.393 e. The molecule has 200 valence electrons. The van der Waals surface area contributed by atoms with E-state index in [4.69, 9.17) is 0 Å². The lowest BCUT2D eigenvalue weighted by atomic mass is 9.44. The third kappa shape index (κ3) is 4.63. The molecule has 0 aromatic heterocycles. The van der Waals surface area contributed by atoms with Crippen molar-refractivity contribution in [2.75, 3.05) is 29.5 Å². The first-order valence-corrected chi connectivity index (χ1v) is 15.7. The molecule has 5 aliphatic rings. The van der Waals surface area contributed by atoms with Gasteiger partial charge in [-0.05, 0) is 104 Å². The molecule has 1 aromatic rings. The van der Waals surface area contributed by atoms with Crippen LogP contribution in [0.1, 0.15) is 77.2 Å². The molecular weight excluding hydrogens is 478 g/mol. The molecule has 1 heterocycles. The van der Waals surface area contributed by atoms with Crippen LogP contribution >= 0.6 is 0 Å². The van der Waals surface area contributed by atoms with Crippen molar-refractivity contribution in [3.8, 4) is 12.3 Å². The third-order valence-corrected chi connectivity index (χ3v) is 12.0. The predicted octanol–water partition coefficient (Wildman–Crippen LogP) is 5.48. The Morgan fingerprint density at radius 3 is 2.43 bits per heavy atom. The second kappa shape index (κ2) is 10.3. The Morgan fingerprint density at radius 1 is 1.08 bits per heavy atom. The summed E-state index contributed by atoms with van der Waals surface area (Å²) in [5.74, 6) is 6.24. The van der Waals surface area contributed by atoms with Crippen molar-refractivity contribution in [1.82, 2.24) is 0 Å². The van der Waals surface area contributed by atoms with Gasteiger partial charge in [-0.15, -0.1) is 12.3 Å². The number of aliphatic hydroxyl groups is 1. The number of anilines is 1. The lowest BCUT2D eigenvalue weighted by Crippen LogP contribution is -2.54. The Morgan fingerprint density at radius 2 is 1.76 bits per heavy atom. The Labute approximate surface area is 225 Å². The van der Waals surface area contributed by atoms with Gasteiger partial charge in [-0.25, -0.2) is 0 Å². The highest BCUT2D eigenvalue weighted by Crippen LogP contribution is 2.68. The predicted molar refractivity (Wildman–Crippen MR) is 152 cm³/mol. The van der Waals surface area contributed by atoms with Crippen molar-refractivity contribution in [1.29, 1.82) is 0 Å². The SMILES string of the molecule is C#CC.CC12CCC(=O)C=C1CCC1C2C(c2ccc(N3CCS(=O)CC3)cc2)CC2(C)C(O)CCC12. The number of carbonyl (C=O) groups excluding carboxylic acids is 1. The van der Waals surface area contributed by atoms with Crippen LogP contribution in [-0.2, 0) is 15.6 Å². The fraction of sp³-hybridized carbons (Fsp3) is 0.656. The van der Waals surface area contributed by atoms with Gasteiger partial charge in [-0.1, -0.05) is 31.6 Å². The summed E-state index contributed by atoms with van der Waals surface area (Å²) in [6, 6.07) is 9.21. The molecule has 4 fully saturated rings. The van der Waals surface area contributed by atoms with Crippen molar-refractivity contribution in [2.45, 2.75) is 77.7 Å². The maximum atomic E-state index is 12.3. The van der Waals surface area contributed by atoms with Gasteiger partial charge in [-0.3, -0.25) is 9.00 Å². The lowest BCUT2D eigenvalue weighted by molar-refractivity contribution is -0.118. The number of carbonyl (C=O) groups is 1. The Hall–Kier alpha value is -1.90. The maximum absolute atomic E-state index is 12.3. The number of ketones is 1. The number of benzene rings is 1. The molecule has 7 unspecified atom stereocenters. The fourth-order valence-corrected chi connectivity index (χ4v) is 9.92. The summed E-state index contributed by atoms with van der Waals surface area (Å²) < 4.78 is 11.8. The van der Waals surface area contributed by atoms with E-state index in [1.165, 1.54) is 16.8 Å². The Bertz CT molecular complexity index is 1110. The van der Waals surface area contributed by atoms with Crippen molar-refractivity contribution in [3.05, 3.63) is 41.5 Å². The van der Waals surface area contributed by atoms with Gasteiger partial charge in [-0.2, -0.15) is 0 Å². The number of nitrogens with zero attached hydrogens (tertiary/aromatic N) is 1. The van der Waals surface area contributed by atoms with Crippen LogP contribution in [0.2, 0.25) is 0 Å². The van der Waals surface area contributed by atoms with E-state index in [-0.39, 0.29) is 16.9 Å². The third-order valence-electron chi connectivity index (χ3n) is 10.7. The molecule has 1 saturated heterocycles. The molecular formula is C32H43NO3S. The van der Waals surface area contributed by atoms with Crippen LogP contribution in [0.3, 0.4) is 0 Å². The first-order valence-electron chi connectivity index (χ1n) is 14.2. The quantitative estimate of drug-likeness (QED) is 0.524. The number of allylic oxidation sites excluding steroid dienone is 1. The van der Waals surface area contributed by atoms with Crippen LogP contribution in [0.25, 0.3) is 0 Å². The summed E-state index contributed by atoms with van der Waals surface area (Å²) in [6.45, 7) is 8.20. The molecule has 3 saturated carbocycles. The van der Waals surface area contributed by atoms with Gasteiger partial charge in [0.25, 0.3) is 0 Å². The number of hydrogen-bond acceptors (Lipinski definition) is 4. The van der Waals surface area contributed by atoms with E-state index in [0.29, 0.717) is 35.9 Å². The number of rotatable bonds is 2. The van der Waals surface area contributed by atoms with Crippen LogP contribution in [0.5, 0.6) is 0 Å². The van der Waals surface area contributed by atoms with Gasteiger partial charge in [0.05, 0.1) is 6.10 Å². The molecule has 6 rings (SSSR count). The van der Waals surface area contributed by atoms with Crippen LogP contribution in [0, 0.1) is 40.9 Å². The summed E-state index contributed by atoms with van der Waals surface area (Å²) in [5, 5.41) is 11.1. The minimum absolute atomic E-state index is 0.0104. The molecule has 0 amide bonds. The van der Waals surface area contributed by atoms with E-state index in [1.54, 1.807) is 6.92 Å². The zero-order valence-electron chi connectivity index (χ0n) is 22.7. The number of hydrogen-bond donors (Lipinski definition) is 1. The molecule has 1 aromatic carbocycles. The summed E-state index contributed by atoms with van der Waals surface area (Å²) in [4.78, 5) is 14.7. The fourth-order valence-electron chi connectivity index (χ4n) is 8.87. The first-order chi connectivity index (χ1) is 17.7. The van der Waals surface area contributed by atoms with Crippen molar-refractivity contribution in [2.24, 2.45) is 28.6 Å². The van der Waals surface area contributed by atoms with Gasteiger partial charge < -0.3 is 10.0 Å². The number of aliphatic hydroxyl groups excluding tert-OH is 1. The Kier molecular flexibility index (Phi) is 7.46. The highest BCUT2D eigenvalue weighted by molar-refractivity contribution is 7.85. The summed E-state index contributed by atoms with van der Waals surface area (Å²) in [7, 11) is -0.664. The van der Waals surface area contributed by atoms with E-state index >= 15 is 0 Å². The molecule has 4 nitrogen and oxygen atoms in total. The summed E-state index contributed by atoms with van der Waals surface area (Å²) >= 11 is 0. The van der Waals surface area contributed by atoms with Crippen LogP contribution in [0.4, 0.5) is 5.69 Å². The maximum Gasteiger partial charge on any atom is 0.155 e. The zero-order valence-corrected chi connectivity index (χ0v) is 23.6. The zero-order chi connectivity index (χ0) is 26.4. The summed E-state index contributed by atoms with van der Waals surface area (Å²) in [5.41, 5.74) is 4.11. The molecule has 0 bridgehead atoms. The lowest BCUT2D eigenvalue weighted by Gasteiger charge is -2.61. The molecule has 0 radical (unpaired) electrons. The van der Waals surface area contributed by atoms with Crippen molar-refractivity contribution < 1.29 is 14.1 Å². The molecule has 5 heteroatoms. The van der Waals surface area contributed by atoms with Gasteiger partial charge in [0.1, 0.15) is 0 Å². The van der Waals surface area contributed by atoms with Crippen LogP contribution in [-0.4, -0.2) is 45.8 Å². The largest absolute Gasteiger partial charge is 0.393 e.